The summed E-state index contributed by atoms with van der Waals surface area (Å²) in [4.78, 5) is 6.29. The molecule has 0 saturated carbocycles. The largest absolute Gasteiger partial charge is 0.497 e. The van der Waals surface area contributed by atoms with Gasteiger partial charge in [-0.05, 0) is 23.3 Å². The van der Waals surface area contributed by atoms with Gasteiger partial charge in [0.15, 0.2) is 0 Å². The van der Waals surface area contributed by atoms with Gasteiger partial charge in [-0.25, -0.2) is 0 Å². The van der Waals surface area contributed by atoms with Crippen molar-refractivity contribution in [3.8, 4) is 5.75 Å². The first-order valence-corrected chi connectivity index (χ1v) is 6.21. The van der Waals surface area contributed by atoms with E-state index in [9.17, 15) is 0 Å². The van der Waals surface area contributed by atoms with Gasteiger partial charge in [0.1, 0.15) is 5.75 Å². The molecular formula is C15H19N3O. The number of rotatable bonds is 5. The number of hydrogen-bond acceptors (Lipinski definition) is 4. The summed E-state index contributed by atoms with van der Waals surface area (Å²) in [6, 6.07) is 9.96. The summed E-state index contributed by atoms with van der Waals surface area (Å²) in [6.45, 7) is 1.30. The number of ether oxygens (including phenoxy) is 1. The third-order valence-electron chi connectivity index (χ3n) is 3.07. The Balaban J connectivity index is 2.24. The van der Waals surface area contributed by atoms with Crippen molar-refractivity contribution >= 4 is 5.69 Å². The van der Waals surface area contributed by atoms with Crippen molar-refractivity contribution in [1.29, 1.82) is 0 Å². The summed E-state index contributed by atoms with van der Waals surface area (Å²) in [7, 11) is 3.71. The number of anilines is 1. The fraction of sp³-hybridized carbons (Fsp3) is 0.267. The monoisotopic (exact) mass is 257 g/mol. The Hall–Kier alpha value is -2.07. The van der Waals surface area contributed by atoms with Crippen LogP contribution in [0, 0.1) is 0 Å². The van der Waals surface area contributed by atoms with Crippen molar-refractivity contribution in [1.82, 2.24) is 4.98 Å². The second kappa shape index (κ2) is 6.20. The van der Waals surface area contributed by atoms with E-state index < -0.39 is 0 Å². The lowest BCUT2D eigenvalue weighted by atomic mass is 10.1. The second-order valence-corrected chi connectivity index (χ2v) is 4.42. The van der Waals surface area contributed by atoms with Crippen molar-refractivity contribution in [2.45, 2.75) is 13.1 Å². The molecule has 0 aliphatic heterocycles. The van der Waals surface area contributed by atoms with Crippen LogP contribution in [-0.4, -0.2) is 19.1 Å². The fourth-order valence-electron chi connectivity index (χ4n) is 2.05. The highest BCUT2D eigenvalue weighted by Gasteiger charge is 2.09. The van der Waals surface area contributed by atoms with Crippen LogP contribution >= 0.6 is 0 Å². The van der Waals surface area contributed by atoms with E-state index in [0.29, 0.717) is 6.54 Å². The smallest absolute Gasteiger partial charge is 0.120 e. The molecule has 4 nitrogen and oxygen atoms in total. The second-order valence-electron chi connectivity index (χ2n) is 4.42. The van der Waals surface area contributed by atoms with Gasteiger partial charge < -0.3 is 15.4 Å². The highest BCUT2D eigenvalue weighted by molar-refractivity contribution is 5.57. The highest BCUT2D eigenvalue weighted by atomic mass is 16.5. The molecule has 0 fully saturated rings. The molecule has 4 heteroatoms. The fourth-order valence-corrected chi connectivity index (χ4v) is 2.05. The minimum atomic E-state index is 0.511. The average Bonchev–Trinajstić information content (AvgIpc) is 2.47. The van der Waals surface area contributed by atoms with Gasteiger partial charge in [0.25, 0.3) is 0 Å². The summed E-state index contributed by atoms with van der Waals surface area (Å²) >= 11 is 0. The van der Waals surface area contributed by atoms with Crippen molar-refractivity contribution in [2.75, 3.05) is 19.1 Å². The van der Waals surface area contributed by atoms with Crippen LogP contribution in [0.15, 0.2) is 42.7 Å². The molecular weight excluding hydrogens is 238 g/mol. The number of nitrogens with two attached hydrogens (primary N) is 1. The van der Waals surface area contributed by atoms with Crippen LogP contribution in [0.3, 0.4) is 0 Å². The van der Waals surface area contributed by atoms with Gasteiger partial charge >= 0.3 is 0 Å². The number of aromatic nitrogens is 1. The van der Waals surface area contributed by atoms with Crippen molar-refractivity contribution < 1.29 is 4.74 Å². The molecule has 0 spiro atoms. The van der Waals surface area contributed by atoms with E-state index in [4.69, 9.17) is 10.5 Å². The molecule has 2 N–H and O–H groups in total. The lowest BCUT2D eigenvalue weighted by molar-refractivity contribution is 0.414. The van der Waals surface area contributed by atoms with Crippen molar-refractivity contribution in [3.63, 3.8) is 0 Å². The molecule has 1 aromatic carbocycles. The maximum Gasteiger partial charge on any atom is 0.120 e. The van der Waals surface area contributed by atoms with Crippen LogP contribution in [-0.2, 0) is 13.1 Å². The van der Waals surface area contributed by atoms with E-state index in [0.717, 1.165) is 29.1 Å². The molecule has 0 aliphatic carbocycles. The summed E-state index contributed by atoms with van der Waals surface area (Å²) in [6.07, 6.45) is 3.65. The molecule has 19 heavy (non-hydrogen) atoms. The first kappa shape index (κ1) is 13.4. The van der Waals surface area contributed by atoms with Gasteiger partial charge in [-0.2, -0.15) is 0 Å². The number of nitrogens with zero attached hydrogens (tertiary/aromatic N) is 2. The molecule has 0 amide bonds. The maximum atomic E-state index is 5.79. The number of pyridine rings is 1. The Morgan fingerprint density at radius 1 is 1.32 bits per heavy atom. The lowest BCUT2D eigenvalue weighted by Gasteiger charge is -2.22. The molecule has 1 aromatic heterocycles. The van der Waals surface area contributed by atoms with Crippen LogP contribution in [0.4, 0.5) is 5.69 Å². The topological polar surface area (TPSA) is 51.4 Å². The molecule has 100 valence electrons. The minimum Gasteiger partial charge on any atom is -0.497 e. The van der Waals surface area contributed by atoms with Crippen LogP contribution in [0.5, 0.6) is 5.75 Å². The van der Waals surface area contributed by atoms with Gasteiger partial charge in [-0.15, -0.1) is 0 Å². The van der Waals surface area contributed by atoms with Gasteiger partial charge in [-0.1, -0.05) is 12.1 Å². The Bertz CT molecular complexity index is 528. The zero-order valence-corrected chi connectivity index (χ0v) is 11.3. The predicted molar refractivity (Wildman–Crippen MR) is 77.2 cm³/mol. The van der Waals surface area contributed by atoms with E-state index in [1.165, 1.54) is 0 Å². The van der Waals surface area contributed by atoms with E-state index in [1.807, 2.05) is 37.5 Å². The minimum absolute atomic E-state index is 0.511. The molecule has 0 bridgehead atoms. The number of benzene rings is 1. The lowest BCUT2D eigenvalue weighted by Crippen LogP contribution is -2.19. The van der Waals surface area contributed by atoms with Crippen LogP contribution in [0.25, 0.3) is 0 Å². The Morgan fingerprint density at radius 3 is 2.79 bits per heavy atom. The third kappa shape index (κ3) is 3.23. The molecule has 0 unspecified atom stereocenters. The average molecular weight is 257 g/mol. The standard InChI is InChI=1S/C15H19N3O/c1-18(11-12-4-3-7-17-10-12)15-8-14(19-2)6-5-13(15)9-16/h3-8,10H,9,11,16H2,1-2H3. The van der Waals surface area contributed by atoms with Gasteiger partial charge in [0.05, 0.1) is 7.11 Å². The van der Waals surface area contributed by atoms with Gasteiger partial charge in [0, 0.05) is 44.3 Å². The first-order valence-electron chi connectivity index (χ1n) is 6.21. The van der Waals surface area contributed by atoms with Crippen LogP contribution in [0.2, 0.25) is 0 Å². The Labute approximate surface area is 113 Å². The maximum absolute atomic E-state index is 5.79. The summed E-state index contributed by atoms with van der Waals surface area (Å²) in [5, 5.41) is 0. The van der Waals surface area contributed by atoms with E-state index in [1.54, 1.807) is 13.3 Å². The van der Waals surface area contributed by atoms with E-state index in [2.05, 4.69) is 16.0 Å². The highest BCUT2D eigenvalue weighted by Crippen LogP contribution is 2.26. The van der Waals surface area contributed by atoms with Crippen LogP contribution in [0.1, 0.15) is 11.1 Å². The molecule has 0 atom stereocenters. The Kier molecular flexibility index (Phi) is 4.36. The SMILES string of the molecule is COc1ccc(CN)c(N(C)Cc2cccnc2)c1. The molecule has 0 saturated heterocycles. The summed E-state index contributed by atoms with van der Waals surface area (Å²) in [5.74, 6) is 0.838. The Morgan fingerprint density at radius 2 is 2.16 bits per heavy atom. The molecule has 2 rings (SSSR count). The number of hydrogen-bond donors (Lipinski definition) is 1. The molecule has 0 aliphatic rings. The third-order valence-corrected chi connectivity index (χ3v) is 3.07. The zero-order valence-electron chi connectivity index (χ0n) is 11.3. The summed E-state index contributed by atoms with van der Waals surface area (Å²) in [5.41, 5.74) is 9.15. The normalized spacial score (nSPS) is 10.3. The van der Waals surface area contributed by atoms with Gasteiger partial charge in [0.2, 0.25) is 0 Å². The number of methoxy groups -OCH3 is 1. The quantitative estimate of drug-likeness (QED) is 0.892. The summed E-state index contributed by atoms with van der Waals surface area (Å²) < 4.78 is 5.27. The predicted octanol–water partition coefficient (Wildman–Crippen LogP) is 2.19. The molecule has 0 radical (unpaired) electrons. The molecule has 2 aromatic rings. The molecule has 1 heterocycles. The van der Waals surface area contributed by atoms with Crippen LogP contribution < -0.4 is 15.4 Å². The van der Waals surface area contributed by atoms with E-state index >= 15 is 0 Å². The first-order chi connectivity index (χ1) is 9.24. The van der Waals surface area contributed by atoms with Gasteiger partial charge in [-0.3, -0.25) is 4.98 Å². The van der Waals surface area contributed by atoms with Crippen molar-refractivity contribution in [3.05, 3.63) is 53.9 Å². The zero-order chi connectivity index (χ0) is 13.7. The van der Waals surface area contributed by atoms with E-state index in [-0.39, 0.29) is 0 Å². The van der Waals surface area contributed by atoms with Crippen molar-refractivity contribution in [2.24, 2.45) is 5.73 Å².